The Labute approximate surface area is 168 Å². The lowest BCUT2D eigenvalue weighted by molar-refractivity contribution is 0.102. The quantitative estimate of drug-likeness (QED) is 0.502. The minimum Gasteiger partial charge on any atom is -0.304 e. The average molecular weight is 393 g/mol. The summed E-state index contributed by atoms with van der Waals surface area (Å²) in [5.41, 5.74) is 3.24. The first-order chi connectivity index (χ1) is 13.4. The fourth-order valence-corrected chi connectivity index (χ4v) is 3.54. The van der Waals surface area contributed by atoms with Crippen molar-refractivity contribution in [1.82, 2.24) is 14.8 Å². The molecule has 0 aliphatic carbocycles. The molecular formula is C22H21ClN4O. The Morgan fingerprint density at radius 2 is 1.96 bits per heavy atom. The van der Waals surface area contributed by atoms with Crippen molar-refractivity contribution in [3.05, 3.63) is 64.7 Å². The number of anilines is 1. The van der Waals surface area contributed by atoms with Gasteiger partial charge in [0.15, 0.2) is 11.5 Å². The van der Waals surface area contributed by atoms with Crippen molar-refractivity contribution < 1.29 is 4.79 Å². The van der Waals surface area contributed by atoms with Crippen molar-refractivity contribution in [2.75, 3.05) is 5.32 Å². The van der Waals surface area contributed by atoms with Gasteiger partial charge in [0.1, 0.15) is 0 Å². The van der Waals surface area contributed by atoms with Crippen LogP contribution < -0.4 is 5.32 Å². The Kier molecular flexibility index (Phi) is 4.77. The van der Waals surface area contributed by atoms with Gasteiger partial charge in [-0.15, -0.1) is 0 Å². The molecule has 1 amide bonds. The molecule has 1 N–H and O–H groups in total. The second-order valence-corrected chi connectivity index (χ2v) is 7.77. The van der Waals surface area contributed by atoms with E-state index >= 15 is 0 Å². The number of halogens is 1. The molecule has 28 heavy (non-hydrogen) atoms. The Hall–Kier alpha value is -2.92. The number of para-hydroxylation sites is 1. The minimum absolute atomic E-state index is 0.286. The number of amides is 1. The van der Waals surface area contributed by atoms with Gasteiger partial charge in [0, 0.05) is 11.9 Å². The van der Waals surface area contributed by atoms with E-state index in [2.05, 4.69) is 24.3 Å². The Balaban J connectivity index is 1.85. The second kappa shape index (κ2) is 7.24. The molecular weight excluding hydrogens is 372 g/mol. The van der Waals surface area contributed by atoms with E-state index in [9.17, 15) is 4.79 Å². The lowest BCUT2D eigenvalue weighted by atomic mass is 10.1. The zero-order valence-corrected chi connectivity index (χ0v) is 16.8. The number of nitrogens with zero attached hydrogens (tertiary/aromatic N) is 3. The third-order valence-electron chi connectivity index (χ3n) is 4.64. The van der Waals surface area contributed by atoms with E-state index in [-0.39, 0.29) is 5.91 Å². The number of aromatic nitrogens is 3. The maximum atomic E-state index is 12.8. The summed E-state index contributed by atoms with van der Waals surface area (Å²) < 4.78 is 1.87. The van der Waals surface area contributed by atoms with Crippen molar-refractivity contribution in [2.45, 2.75) is 27.3 Å². The SMILES string of the molecule is Cc1cccc2cc3c(NC(=O)c4ccccc4Cl)nn(CC(C)C)c3nc12. The number of rotatable bonds is 4. The van der Waals surface area contributed by atoms with Gasteiger partial charge in [-0.1, -0.05) is 55.8 Å². The maximum absolute atomic E-state index is 12.8. The van der Waals surface area contributed by atoms with Gasteiger partial charge in [0.05, 0.1) is 21.5 Å². The van der Waals surface area contributed by atoms with E-state index in [1.165, 1.54) is 0 Å². The number of pyridine rings is 1. The van der Waals surface area contributed by atoms with Crippen LogP contribution in [0.2, 0.25) is 5.02 Å². The van der Waals surface area contributed by atoms with E-state index in [1.54, 1.807) is 24.3 Å². The predicted molar refractivity (Wildman–Crippen MR) is 114 cm³/mol. The van der Waals surface area contributed by atoms with Gasteiger partial charge < -0.3 is 5.32 Å². The first kappa shape index (κ1) is 18.4. The monoisotopic (exact) mass is 392 g/mol. The van der Waals surface area contributed by atoms with Crippen LogP contribution in [0.15, 0.2) is 48.5 Å². The topological polar surface area (TPSA) is 59.8 Å². The molecule has 0 radical (unpaired) electrons. The Morgan fingerprint density at radius 1 is 1.18 bits per heavy atom. The molecule has 0 bridgehead atoms. The summed E-state index contributed by atoms with van der Waals surface area (Å²) in [6.07, 6.45) is 0. The summed E-state index contributed by atoms with van der Waals surface area (Å²) in [7, 11) is 0. The third-order valence-corrected chi connectivity index (χ3v) is 4.97. The van der Waals surface area contributed by atoms with Crippen LogP contribution in [0.1, 0.15) is 29.8 Å². The van der Waals surface area contributed by atoms with Crippen molar-refractivity contribution >= 4 is 45.3 Å². The molecule has 0 unspecified atom stereocenters. The number of benzene rings is 2. The summed E-state index contributed by atoms with van der Waals surface area (Å²) in [6.45, 7) is 7.01. The van der Waals surface area contributed by atoms with Crippen LogP contribution in [-0.4, -0.2) is 20.7 Å². The highest BCUT2D eigenvalue weighted by Crippen LogP contribution is 2.28. The van der Waals surface area contributed by atoms with Crippen molar-refractivity contribution in [1.29, 1.82) is 0 Å². The zero-order valence-electron chi connectivity index (χ0n) is 16.0. The van der Waals surface area contributed by atoms with E-state index in [0.29, 0.717) is 28.9 Å². The fourth-order valence-electron chi connectivity index (χ4n) is 3.32. The summed E-state index contributed by atoms with van der Waals surface area (Å²) in [6, 6.07) is 15.1. The molecule has 4 rings (SSSR count). The van der Waals surface area contributed by atoms with E-state index < -0.39 is 0 Å². The molecule has 0 saturated heterocycles. The number of fused-ring (bicyclic) bond motifs is 2. The van der Waals surface area contributed by atoms with Crippen LogP contribution in [0.4, 0.5) is 5.82 Å². The van der Waals surface area contributed by atoms with Gasteiger partial charge in [0.2, 0.25) is 0 Å². The maximum Gasteiger partial charge on any atom is 0.258 e. The highest BCUT2D eigenvalue weighted by Gasteiger charge is 2.18. The first-order valence-corrected chi connectivity index (χ1v) is 9.64. The fraction of sp³-hybridized carbons (Fsp3) is 0.227. The molecule has 0 atom stereocenters. The van der Waals surface area contributed by atoms with Crippen LogP contribution in [0.5, 0.6) is 0 Å². The number of nitrogens with one attached hydrogen (secondary N) is 1. The molecule has 0 saturated carbocycles. The summed E-state index contributed by atoms with van der Waals surface area (Å²) in [5.74, 6) is 0.604. The molecule has 2 aromatic heterocycles. The number of hydrogen-bond acceptors (Lipinski definition) is 3. The van der Waals surface area contributed by atoms with Gasteiger partial charge in [0.25, 0.3) is 5.91 Å². The molecule has 0 fully saturated rings. The molecule has 0 spiro atoms. The molecule has 0 aliphatic heterocycles. The standard InChI is InChI=1S/C22H21ClN4O/c1-13(2)12-27-21-17(11-15-8-6-7-14(3)19(15)24-21)20(26-27)25-22(28)16-9-4-5-10-18(16)23/h4-11,13H,12H2,1-3H3,(H,25,26,28). The normalized spacial score (nSPS) is 11.5. The van der Waals surface area contributed by atoms with Gasteiger partial charge in [-0.2, -0.15) is 5.10 Å². The van der Waals surface area contributed by atoms with Crippen LogP contribution in [0, 0.1) is 12.8 Å². The highest BCUT2D eigenvalue weighted by atomic mass is 35.5. The molecule has 5 nitrogen and oxygen atoms in total. The van der Waals surface area contributed by atoms with Gasteiger partial charge in [-0.25, -0.2) is 9.67 Å². The molecule has 6 heteroatoms. The molecule has 0 aliphatic rings. The van der Waals surface area contributed by atoms with Gasteiger partial charge in [-0.05, 0) is 36.6 Å². The van der Waals surface area contributed by atoms with E-state index in [0.717, 1.165) is 27.5 Å². The van der Waals surface area contributed by atoms with E-state index in [4.69, 9.17) is 16.6 Å². The third kappa shape index (κ3) is 3.34. The average Bonchev–Trinajstić information content (AvgIpc) is 2.97. The van der Waals surface area contributed by atoms with Crippen LogP contribution in [-0.2, 0) is 6.54 Å². The molecule has 142 valence electrons. The lowest BCUT2D eigenvalue weighted by Gasteiger charge is -2.06. The van der Waals surface area contributed by atoms with Crippen LogP contribution >= 0.6 is 11.6 Å². The predicted octanol–water partition coefficient (Wildman–Crippen LogP) is 5.45. The van der Waals surface area contributed by atoms with Gasteiger partial charge in [-0.3, -0.25) is 4.79 Å². The molecule has 4 aromatic rings. The molecule has 2 aromatic carbocycles. The summed E-state index contributed by atoms with van der Waals surface area (Å²) >= 11 is 6.17. The molecule has 2 heterocycles. The van der Waals surface area contributed by atoms with Crippen LogP contribution in [0.3, 0.4) is 0 Å². The number of hydrogen-bond donors (Lipinski definition) is 1. The summed E-state index contributed by atoms with van der Waals surface area (Å²) in [4.78, 5) is 17.6. The largest absolute Gasteiger partial charge is 0.304 e. The van der Waals surface area contributed by atoms with Crippen molar-refractivity contribution in [3.63, 3.8) is 0 Å². The summed E-state index contributed by atoms with van der Waals surface area (Å²) in [5, 5.41) is 9.82. The number of carbonyl (C=O) groups is 1. The number of aryl methyl sites for hydroxylation is 1. The Morgan fingerprint density at radius 3 is 2.71 bits per heavy atom. The second-order valence-electron chi connectivity index (χ2n) is 7.36. The van der Waals surface area contributed by atoms with E-state index in [1.807, 2.05) is 35.9 Å². The first-order valence-electron chi connectivity index (χ1n) is 9.27. The van der Waals surface area contributed by atoms with Gasteiger partial charge >= 0.3 is 0 Å². The van der Waals surface area contributed by atoms with Crippen molar-refractivity contribution in [3.8, 4) is 0 Å². The Bertz CT molecular complexity index is 1200. The lowest BCUT2D eigenvalue weighted by Crippen LogP contribution is -2.14. The number of carbonyl (C=O) groups excluding carboxylic acids is 1. The smallest absolute Gasteiger partial charge is 0.258 e. The zero-order chi connectivity index (χ0) is 19.8. The van der Waals surface area contributed by atoms with Crippen molar-refractivity contribution in [2.24, 2.45) is 5.92 Å². The minimum atomic E-state index is -0.286. The van der Waals surface area contributed by atoms with Crippen LogP contribution in [0.25, 0.3) is 21.9 Å². The highest BCUT2D eigenvalue weighted by molar-refractivity contribution is 6.34.